The number of rotatable bonds is 2. The molecule has 5 heteroatoms. The average Bonchev–Trinajstić information content (AvgIpc) is 2.84. The summed E-state index contributed by atoms with van der Waals surface area (Å²) >= 11 is 1.71. The Kier molecular flexibility index (Phi) is 3.53. The Bertz CT molecular complexity index is 633. The first kappa shape index (κ1) is 13.2. The number of anilines is 1. The third-order valence-corrected chi connectivity index (χ3v) is 4.74. The molecule has 1 N–H and O–H groups in total. The maximum Gasteiger partial charge on any atom is 0.256 e. The molecular formula is C15H17N3OS. The van der Waals surface area contributed by atoms with Crippen molar-refractivity contribution in [3.63, 3.8) is 0 Å². The van der Waals surface area contributed by atoms with Crippen molar-refractivity contribution in [1.82, 2.24) is 9.97 Å². The molecule has 0 saturated carbocycles. The van der Waals surface area contributed by atoms with Gasteiger partial charge in [-0.25, -0.2) is 9.97 Å². The summed E-state index contributed by atoms with van der Waals surface area (Å²) in [5.41, 5.74) is 2.70. The molecule has 20 heavy (non-hydrogen) atoms. The Labute approximate surface area is 122 Å². The lowest BCUT2D eigenvalue weighted by atomic mass is 9.88. The number of aromatic nitrogens is 2. The maximum atomic E-state index is 12.4. The first-order valence-electron chi connectivity index (χ1n) is 6.82. The van der Waals surface area contributed by atoms with Gasteiger partial charge in [0.1, 0.15) is 5.82 Å². The lowest BCUT2D eigenvalue weighted by Crippen LogP contribution is -2.16. The topological polar surface area (TPSA) is 54.9 Å². The van der Waals surface area contributed by atoms with Gasteiger partial charge in [0.15, 0.2) is 0 Å². The molecule has 1 aliphatic carbocycles. The van der Waals surface area contributed by atoms with Crippen molar-refractivity contribution in [2.24, 2.45) is 5.92 Å². The van der Waals surface area contributed by atoms with Crippen molar-refractivity contribution < 1.29 is 4.79 Å². The molecule has 0 aromatic carbocycles. The summed E-state index contributed by atoms with van der Waals surface area (Å²) in [6.07, 6.45) is 6.55. The van der Waals surface area contributed by atoms with E-state index in [4.69, 9.17) is 0 Å². The van der Waals surface area contributed by atoms with Gasteiger partial charge in [0.2, 0.25) is 0 Å². The summed E-state index contributed by atoms with van der Waals surface area (Å²) in [6, 6.07) is 0. The van der Waals surface area contributed by atoms with Gasteiger partial charge < -0.3 is 5.32 Å². The van der Waals surface area contributed by atoms with Crippen molar-refractivity contribution >= 4 is 22.9 Å². The van der Waals surface area contributed by atoms with Gasteiger partial charge in [0.05, 0.1) is 23.6 Å². The number of fused-ring (bicyclic) bond motifs is 1. The molecule has 0 bridgehead atoms. The predicted molar refractivity (Wildman–Crippen MR) is 80.2 cm³/mol. The number of nitrogens with one attached hydrogen (secondary N) is 1. The van der Waals surface area contributed by atoms with E-state index >= 15 is 0 Å². The molecule has 2 aromatic heterocycles. The number of amides is 1. The van der Waals surface area contributed by atoms with Gasteiger partial charge in [0, 0.05) is 10.3 Å². The molecule has 3 rings (SSSR count). The van der Waals surface area contributed by atoms with E-state index < -0.39 is 0 Å². The second-order valence-electron chi connectivity index (χ2n) is 5.37. The summed E-state index contributed by atoms with van der Waals surface area (Å²) in [4.78, 5) is 21.9. The normalized spacial score (nSPS) is 17.6. The fourth-order valence-electron chi connectivity index (χ4n) is 2.52. The van der Waals surface area contributed by atoms with E-state index in [-0.39, 0.29) is 5.91 Å². The molecule has 0 saturated heterocycles. The second-order valence-corrected chi connectivity index (χ2v) is 6.34. The van der Waals surface area contributed by atoms with E-state index in [1.54, 1.807) is 23.7 Å². The third-order valence-electron chi connectivity index (χ3n) is 3.69. The molecule has 0 aliphatic heterocycles. The summed E-state index contributed by atoms with van der Waals surface area (Å²) in [6.45, 7) is 4.09. The molecule has 0 radical (unpaired) electrons. The zero-order valence-corrected chi connectivity index (χ0v) is 12.5. The van der Waals surface area contributed by atoms with Crippen LogP contribution in [0.4, 0.5) is 5.69 Å². The van der Waals surface area contributed by atoms with Crippen LogP contribution in [0.5, 0.6) is 0 Å². The maximum absolute atomic E-state index is 12.4. The molecule has 1 aliphatic rings. The zero-order valence-electron chi connectivity index (χ0n) is 11.6. The van der Waals surface area contributed by atoms with Crippen molar-refractivity contribution in [3.8, 4) is 0 Å². The Balaban J connectivity index is 1.79. The third kappa shape index (κ3) is 2.58. The standard InChI is InChI=1S/C15H17N3OS/c1-9-3-4-12-13(8-20-14(12)5-9)15(19)18-11-6-16-10(2)17-7-11/h6-9H,3-5H2,1-2H3,(H,18,19). The van der Waals surface area contributed by atoms with Crippen LogP contribution in [-0.2, 0) is 12.8 Å². The van der Waals surface area contributed by atoms with Crippen LogP contribution in [0, 0.1) is 12.8 Å². The second kappa shape index (κ2) is 5.32. The molecule has 1 atom stereocenters. The monoisotopic (exact) mass is 287 g/mol. The Hall–Kier alpha value is -1.75. The molecule has 0 fully saturated rings. The highest BCUT2D eigenvalue weighted by Gasteiger charge is 2.23. The minimum absolute atomic E-state index is 0.0514. The van der Waals surface area contributed by atoms with E-state index in [2.05, 4.69) is 22.2 Å². The molecule has 1 amide bonds. The number of hydrogen-bond donors (Lipinski definition) is 1. The summed E-state index contributed by atoms with van der Waals surface area (Å²) in [5, 5.41) is 4.85. The summed E-state index contributed by atoms with van der Waals surface area (Å²) in [5.74, 6) is 1.37. The van der Waals surface area contributed by atoms with Gasteiger partial charge in [-0.2, -0.15) is 0 Å². The van der Waals surface area contributed by atoms with E-state index in [1.165, 1.54) is 10.4 Å². The summed E-state index contributed by atoms with van der Waals surface area (Å²) in [7, 11) is 0. The molecule has 1 unspecified atom stereocenters. The van der Waals surface area contributed by atoms with Gasteiger partial charge in [-0.3, -0.25) is 4.79 Å². The van der Waals surface area contributed by atoms with Crippen LogP contribution in [-0.4, -0.2) is 15.9 Å². The van der Waals surface area contributed by atoms with Crippen LogP contribution >= 0.6 is 11.3 Å². The lowest BCUT2D eigenvalue weighted by Gasteiger charge is -2.18. The van der Waals surface area contributed by atoms with E-state index in [1.807, 2.05) is 12.3 Å². The van der Waals surface area contributed by atoms with Crippen LogP contribution in [0.25, 0.3) is 0 Å². The highest BCUT2D eigenvalue weighted by molar-refractivity contribution is 7.10. The van der Waals surface area contributed by atoms with Gasteiger partial charge in [-0.1, -0.05) is 6.92 Å². The first-order chi connectivity index (χ1) is 9.63. The van der Waals surface area contributed by atoms with E-state index in [0.29, 0.717) is 11.5 Å². The van der Waals surface area contributed by atoms with Crippen LogP contribution in [0.1, 0.15) is 40.0 Å². The van der Waals surface area contributed by atoms with Gasteiger partial charge in [-0.05, 0) is 37.7 Å². The Morgan fingerprint density at radius 3 is 2.90 bits per heavy atom. The Morgan fingerprint density at radius 1 is 1.40 bits per heavy atom. The highest BCUT2D eigenvalue weighted by atomic mass is 32.1. The van der Waals surface area contributed by atoms with Crippen LogP contribution in [0.15, 0.2) is 17.8 Å². The number of carbonyl (C=O) groups excluding carboxylic acids is 1. The highest BCUT2D eigenvalue weighted by Crippen LogP contribution is 2.33. The number of carbonyl (C=O) groups is 1. The van der Waals surface area contributed by atoms with Gasteiger partial charge in [0.25, 0.3) is 5.91 Å². The van der Waals surface area contributed by atoms with Crippen LogP contribution in [0.3, 0.4) is 0 Å². The fourth-order valence-corrected chi connectivity index (χ4v) is 3.77. The van der Waals surface area contributed by atoms with E-state index in [9.17, 15) is 4.79 Å². The minimum atomic E-state index is -0.0514. The van der Waals surface area contributed by atoms with Crippen molar-refractivity contribution in [2.45, 2.75) is 33.1 Å². The minimum Gasteiger partial charge on any atom is -0.319 e. The number of hydrogen-bond acceptors (Lipinski definition) is 4. The molecule has 4 nitrogen and oxygen atoms in total. The first-order valence-corrected chi connectivity index (χ1v) is 7.70. The van der Waals surface area contributed by atoms with Gasteiger partial charge in [-0.15, -0.1) is 11.3 Å². The number of aryl methyl sites for hydroxylation is 1. The molecule has 0 spiro atoms. The molecule has 2 heterocycles. The average molecular weight is 287 g/mol. The molecule has 2 aromatic rings. The van der Waals surface area contributed by atoms with Crippen LogP contribution < -0.4 is 5.32 Å². The largest absolute Gasteiger partial charge is 0.319 e. The number of nitrogens with zero attached hydrogens (tertiary/aromatic N) is 2. The van der Waals surface area contributed by atoms with Gasteiger partial charge >= 0.3 is 0 Å². The van der Waals surface area contributed by atoms with Crippen molar-refractivity contribution in [2.75, 3.05) is 5.32 Å². The Morgan fingerprint density at radius 2 is 2.15 bits per heavy atom. The van der Waals surface area contributed by atoms with Crippen molar-refractivity contribution in [1.29, 1.82) is 0 Å². The molecular weight excluding hydrogens is 270 g/mol. The fraction of sp³-hybridized carbons (Fsp3) is 0.400. The van der Waals surface area contributed by atoms with Crippen molar-refractivity contribution in [3.05, 3.63) is 39.6 Å². The number of thiophene rings is 1. The van der Waals surface area contributed by atoms with Crippen LogP contribution in [0.2, 0.25) is 0 Å². The lowest BCUT2D eigenvalue weighted by molar-refractivity contribution is 0.102. The van der Waals surface area contributed by atoms with E-state index in [0.717, 1.165) is 30.7 Å². The smallest absolute Gasteiger partial charge is 0.256 e. The summed E-state index contributed by atoms with van der Waals surface area (Å²) < 4.78 is 0. The quantitative estimate of drug-likeness (QED) is 0.922. The SMILES string of the molecule is Cc1ncc(NC(=O)c2csc3c2CCC(C)C3)cn1. The zero-order chi connectivity index (χ0) is 14.1. The predicted octanol–water partition coefficient (Wildman–Crippen LogP) is 3.22. The molecule has 104 valence electrons.